The van der Waals surface area contributed by atoms with Gasteiger partial charge in [-0.25, -0.2) is 0 Å². The van der Waals surface area contributed by atoms with Gasteiger partial charge in [-0.05, 0) is 31.2 Å². The summed E-state index contributed by atoms with van der Waals surface area (Å²) in [5.74, 6) is 1.60. The molecule has 0 unspecified atom stereocenters. The molecule has 0 radical (unpaired) electrons. The maximum atomic E-state index is 6.11. The van der Waals surface area contributed by atoms with E-state index < -0.39 is 0 Å². The number of nitrogens with one attached hydrogen (secondary N) is 1. The minimum Gasteiger partial charge on any atom is -0.489 e. The molecule has 0 atom stereocenters. The van der Waals surface area contributed by atoms with Crippen LogP contribution in [0.2, 0.25) is 5.02 Å². The highest BCUT2D eigenvalue weighted by Crippen LogP contribution is 2.24. The van der Waals surface area contributed by atoms with Gasteiger partial charge in [0.2, 0.25) is 0 Å². The Morgan fingerprint density at radius 3 is 2.80 bits per heavy atom. The first-order chi connectivity index (χ1) is 11.7. The van der Waals surface area contributed by atoms with E-state index in [2.05, 4.69) is 15.5 Å². The fraction of sp³-hybridized carbons (Fsp3) is 0.222. The van der Waals surface area contributed by atoms with Crippen LogP contribution in [0.25, 0.3) is 0 Å². The van der Waals surface area contributed by atoms with E-state index in [-0.39, 0.29) is 12.4 Å². The van der Waals surface area contributed by atoms with E-state index in [1.165, 1.54) is 0 Å². The van der Waals surface area contributed by atoms with E-state index in [1.807, 2.05) is 43.3 Å². The molecule has 0 bridgehead atoms. The van der Waals surface area contributed by atoms with Crippen molar-refractivity contribution in [1.29, 1.82) is 0 Å². The van der Waals surface area contributed by atoms with Gasteiger partial charge in [0.25, 0.3) is 0 Å². The number of aromatic nitrogens is 2. The lowest BCUT2D eigenvalue weighted by atomic mass is 10.2. The lowest BCUT2D eigenvalue weighted by Gasteiger charge is -2.12. The van der Waals surface area contributed by atoms with Crippen LogP contribution in [-0.4, -0.2) is 10.1 Å². The standard InChI is InChI=1S/C18H18ClN3O2.ClH/c1-13-7-17(22-24-13)11-21-10-15-8-16(19)4-5-18(15)23-12-14-3-2-6-20-9-14;/h2-9,21H,10-12H2,1H3;1H. The van der Waals surface area contributed by atoms with Gasteiger partial charge in [-0.1, -0.05) is 22.8 Å². The third-order valence-electron chi connectivity index (χ3n) is 3.44. The molecule has 5 nitrogen and oxygen atoms in total. The van der Waals surface area contributed by atoms with Crippen LogP contribution in [0.1, 0.15) is 22.6 Å². The second-order valence-electron chi connectivity index (χ2n) is 5.43. The number of aryl methyl sites for hydroxylation is 1. The number of hydrogen-bond donors (Lipinski definition) is 1. The molecule has 0 aliphatic heterocycles. The molecule has 1 N–H and O–H groups in total. The molecule has 2 heterocycles. The predicted molar refractivity (Wildman–Crippen MR) is 99.1 cm³/mol. The van der Waals surface area contributed by atoms with Crippen molar-refractivity contribution in [3.63, 3.8) is 0 Å². The molecule has 0 amide bonds. The Kier molecular flexibility index (Phi) is 7.25. The minimum atomic E-state index is 0. The van der Waals surface area contributed by atoms with E-state index in [1.54, 1.807) is 12.4 Å². The molecular weight excluding hydrogens is 361 g/mol. The number of nitrogens with zero attached hydrogens (tertiary/aromatic N) is 2. The van der Waals surface area contributed by atoms with Gasteiger partial charge in [0.1, 0.15) is 18.1 Å². The van der Waals surface area contributed by atoms with Gasteiger partial charge in [-0.3, -0.25) is 4.98 Å². The summed E-state index contributed by atoms with van der Waals surface area (Å²) in [5, 5.41) is 7.96. The van der Waals surface area contributed by atoms with Crippen LogP contribution in [0.3, 0.4) is 0 Å². The Labute approximate surface area is 157 Å². The number of ether oxygens (including phenoxy) is 1. The van der Waals surface area contributed by atoms with Crippen LogP contribution >= 0.6 is 24.0 Å². The molecule has 0 saturated heterocycles. The Morgan fingerprint density at radius 2 is 2.08 bits per heavy atom. The van der Waals surface area contributed by atoms with E-state index in [4.69, 9.17) is 20.9 Å². The van der Waals surface area contributed by atoms with E-state index in [0.717, 1.165) is 28.3 Å². The second-order valence-corrected chi connectivity index (χ2v) is 5.87. The van der Waals surface area contributed by atoms with E-state index in [0.29, 0.717) is 24.7 Å². The van der Waals surface area contributed by atoms with Gasteiger partial charge in [-0.2, -0.15) is 0 Å². The predicted octanol–water partition coefficient (Wildman–Crippen LogP) is 4.32. The Balaban J connectivity index is 0.00000225. The monoisotopic (exact) mass is 379 g/mol. The first-order valence-electron chi connectivity index (χ1n) is 7.64. The Morgan fingerprint density at radius 1 is 1.20 bits per heavy atom. The number of hydrogen-bond acceptors (Lipinski definition) is 5. The topological polar surface area (TPSA) is 60.2 Å². The fourth-order valence-electron chi connectivity index (χ4n) is 2.30. The Hall–Kier alpha value is -2.08. The zero-order valence-corrected chi connectivity index (χ0v) is 15.3. The lowest BCUT2D eigenvalue weighted by molar-refractivity contribution is 0.301. The molecule has 3 aromatic rings. The zero-order valence-electron chi connectivity index (χ0n) is 13.7. The molecule has 0 saturated carbocycles. The quantitative estimate of drug-likeness (QED) is 0.662. The zero-order chi connectivity index (χ0) is 16.8. The molecule has 0 fully saturated rings. The van der Waals surface area contributed by atoms with Crippen LogP contribution in [0.4, 0.5) is 0 Å². The van der Waals surface area contributed by atoms with Gasteiger partial charge >= 0.3 is 0 Å². The first kappa shape index (κ1) is 19.2. The van der Waals surface area contributed by atoms with Crippen molar-refractivity contribution in [3.05, 3.63) is 76.4 Å². The van der Waals surface area contributed by atoms with Gasteiger partial charge < -0.3 is 14.6 Å². The van der Waals surface area contributed by atoms with Crippen molar-refractivity contribution in [2.45, 2.75) is 26.6 Å². The lowest BCUT2D eigenvalue weighted by Crippen LogP contribution is -2.14. The van der Waals surface area contributed by atoms with E-state index in [9.17, 15) is 0 Å². The summed E-state index contributed by atoms with van der Waals surface area (Å²) in [6.07, 6.45) is 3.54. The number of rotatable bonds is 7. The summed E-state index contributed by atoms with van der Waals surface area (Å²) in [4.78, 5) is 4.09. The number of halogens is 2. The molecule has 2 aromatic heterocycles. The highest BCUT2D eigenvalue weighted by Gasteiger charge is 2.07. The second kappa shape index (κ2) is 9.42. The van der Waals surface area contributed by atoms with Gasteiger partial charge in [0.05, 0.1) is 5.69 Å². The highest BCUT2D eigenvalue weighted by atomic mass is 35.5. The van der Waals surface area contributed by atoms with Gasteiger partial charge in [0.15, 0.2) is 0 Å². The third kappa shape index (κ3) is 5.74. The van der Waals surface area contributed by atoms with Crippen molar-refractivity contribution in [1.82, 2.24) is 15.5 Å². The number of benzene rings is 1. The van der Waals surface area contributed by atoms with Gasteiger partial charge in [0, 0.05) is 47.7 Å². The smallest absolute Gasteiger partial charge is 0.133 e. The molecule has 0 aliphatic rings. The van der Waals surface area contributed by atoms with Crippen molar-refractivity contribution >= 4 is 24.0 Å². The van der Waals surface area contributed by atoms with Crippen LogP contribution in [0.5, 0.6) is 5.75 Å². The van der Waals surface area contributed by atoms with Crippen LogP contribution < -0.4 is 10.1 Å². The highest BCUT2D eigenvalue weighted by molar-refractivity contribution is 6.30. The van der Waals surface area contributed by atoms with Gasteiger partial charge in [-0.15, -0.1) is 12.4 Å². The van der Waals surface area contributed by atoms with Crippen LogP contribution in [-0.2, 0) is 19.7 Å². The van der Waals surface area contributed by atoms with Crippen LogP contribution in [0, 0.1) is 6.92 Å². The third-order valence-corrected chi connectivity index (χ3v) is 3.67. The minimum absolute atomic E-state index is 0. The van der Waals surface area contributed by atoms with Crippen LogP contribution in [0.15, 0.2) is 53.3 Å². The summed E-state index contributed by atoms with van der Waals surface area (Å²) in [5.41, 5.74) is 2.88. The molecule has 1 aromatic carbocycles. The fourth-order valence-corrected chi connectivity index (χ4v) is 2.49. The van der Waals surface area contributed by atoms with Crippen molar-refractivity contribution in [3.8, 4) is 5.75 Å². The molecule has 0 aliphatic carbocycles. The molecule has 7 heteroatoms. The molecule has 0 spiro atoms. The SMILES string of the molecule is Cc1cc(CNCc2cc(Cl)ccc2OCc2cccnc2)no1.Cl. The average Bonchev–Trinajstić information content (AvgIpc) is 3.00. The normalized spacial score (nSPS) is 10.3. The summed E-state index contributed by atoms with van der Waals surface area (Å²) in [6.45, 7) is 3.57. The largest absolute Gasteiger partial charge is 0.489 e. The number of pyridine rings is 1. The molecule has 3 rings (SSSR count). The maximum Gasteiger partial charge on any atom is 0.133 e. The summed E-state index contributed by atoms with van der Waals surface area (Å²) in [6, 6.07) is 11.4. The van der Waals surface area contributed by atoms with Crippen molar-refractivity contribution in [2.75, 3.05) is 0 Å². The molecular formula is C18H19Cl2N3O2. The summed E-state index contributed by atoms with van der Waals surface area (Å²) >= 11 is 6.11. The van der Waals surface area contributed by atoms with Crippen molar-refractivity contribution in [2.24, 2.45) is 0 Å². The maximum absolute atomic E-state index is 6.11. The van der Waals surface area contributed by atoms with E-state index >= 15 is 0 Å². The molecule has 25 heavy (non-hydrogen) atoms. The molecule has 132 valence electrons. The first-order valence-corrected chi connectivity index (χ1v) is 8.01. The van der Waals surface area contributed by atoms with Crippen molar-refractivity contribution < 1.29 is 9.26 Å². The average molecular weight is 380 g/mol. The summed E-state index contributed by atoms with van der Waals surface area (Å²) < 4.78 is 11.0. The Bertz CT molecular complexity index is 794. The summed E-state index contributed by atoms with van der Waals surface area (Å²) in [7, 11) is 0.